The average Bonchev–Trinajstić information content (AvgIpc) is 2.63. The summed E-state index contributed by atoms with van der Waals surface area (Å²) in [6.45, 7) is 4.48. The van der Waals surface area contributed by atoms with Crippen LogP contribution in [-0.2, 0) is 6.42 Å². The van der Waals surface area contributed by atoms with Crippen LogP contribution in [0, 0.1) is 0 Å². The van der Waals surface area contributed by atoms with Crippen molar-refractivity contribution < 1.29 is 0 Å². The summed E-state index contributed by atoms with van der Waals surface area (Å²) >= 11 is 1.93. The van der Waals surface area contributed by atoms with E-state index in [1.807, 2.05) is 24.2 Å². The number of rotatable bonds is 11. The zero-order valence-corrected chi connectivity index (χ0v) is 15.9. The molecule has 0 radical (unpaired) electrons. The lowest BCUT2D eigenvalue weighted by atomic mass is 10.1. The molecule has 0 spiro atoms. The van der Waals surface area contributed by atoms with Gasteiger partial charge in [-0.1, -0.05) is 58.1 Å². The Morgan fingerprint density at radius 3 is 2.12 bits per heavy atom. The van der Waals surface area contributed by atoms with Crippen molar-refractivity contribution in [2.75, 3.05) is 5.75 Å². The molecule has 2 aromatic rings. The molecule has 0 aliphatic heterocycles. The van der Waals surface area contributed by atoms with Crippen LogP contribution in [0.5, 0.6) is 0 Å². The second kappa shape index (κ2) is 11.2. The highest BCUT2D eigenvalue weighted by Crippen LogP contribution is 2.23. The second-order valence-electron chi connectivity index (χ2n) is 6.31. The summed E-state index contributed by atoms with van der Waals surface area (Å²) < 4.78 is 0. The number of benzene rings is 1. The van der Waals surface area contributed by atoms with Crippen LogP contribution in [0.4, 0.5) is 0 Å². The molecule has 0 unspecified atom stereocenters. The maximum Gasteiger partial charge on any atom is 0.159 e. The Bertz CT molecular complexity index is 563. The highest BCUT2D eigenvalue weighted by Gasteiger charge is 2.02. The van der Waals surface area contributed by atoms with Gasteiger partial charge in [-0.25, -0.2) is 9.97 Å². The van der Waals surface area contributed by atoms with Gasteiger partial charge in [0, 0.05) is 22.9 Å². The maximum absolute atomic E-state index is 4.55. The highest BCUT2D eigenvalue weighted by molar-refractivity contribution is 7.99. The van der Waals surface area contributed by atoms with E-state index in [4.69, 9.17) is 0 Å². The third-order valence-electron chi connectivity index (χ3n) is 4.15. The lowest BCUT2D eigenvalue weighted by Gasteiger charge is -2.05. The fourth-order valence-corrected chi connectivity index (χ4v) is 3.60. The van der Waals surface area contributed by atoms with Crippen LogP contribution in [0.2, 0.25) is 0 Å². The SMILES string of the molecule is CCCCCCCc1cnc(-c2ccc(SCCCC)cc2)nc1. The van der Waals surface area contributed by atoms with Crippen LogP contribution in [0.1, 0.15) is 64.4 Å². The van der Waals surface area contributed by atoms with Crippen molar-refractivity contribution in [2.45, 2.75) is 70.1 Å². The summed E-state index contributed by atoms with van der Waals surface area (Å²) in [5.41, 5.74) is 2.35. The summed E-state index contributed by atoms with van der Waals surface area (Å²) in [6.07, 6.45) is 14.2. The molecular weight excluding hydrogens is 312 g/mol. The topological polar surface area (TPSA) is 25.8 Å². The molecule has 0 aliphatic carbocycles. The van der Waals surface area contributed by atoms with Crippen molar-refractivity contribution in [3.05, 3.63) is 42.2 Å². The van der Waals surface area contributed by atoms with Gasteiger partial charge in [-0.2, -0.15) is 0 Å². The van der Waals surface area contributed by atoms with E-state index in [1.165, 1.54) is 61.2 Å². The Morgan fingerprint density at radius 1 is 0.792 bits per heavy atom. The first kappa shape index (κ1) is 19.0. The van der Waals surface area contributed by atoms with E-state index in [1.54, 1.807) is 0 Å². The standard InChI is InChI=1S/C21H30N2S/c1-3-5-7-8-9-10-18-16-22-21(23-17-18)19-11-13-20(14-12-19)24-15-6-4-2/h11-14,16-17H,3-10,15H2,1-2H3. The molecule has 0 bridgehead atoms. The smallest absolute Gasteiger partial charge is 0.159 e. The van der Waals surface area contributed by atoms with Gasteiger partial charge >= 0.3 is 0 Å². The molecule has 0 fully saturated rings. The summed E-state index contributed by atoms with van der Waals surface area (Å²) in [4.78, 5) is 10.4. The molecule has 0 amide bonds. The number of hydrogen-bond donors (Lipinski definition) is 0. The van der Waals surface area contributed by atoms with Gasteiger partial charge in [0.15, 0.2) is 5.82 Å². The summed E-state index contributed by atoms with van der Waals surface area (Å²) in [7, 11) is 0. The van der Waals surface area contributed by atoms with Gasteiger partial charge in [0.05, 0.1) is 0 Å². The van der Waals surface area contributed by atoms with Crippen molar-refractivity contribution in [1.29, 1.82) is 0 Å². The Labute approximate surface area is 151 Å². The Hall–Kier alpha value is -1.35. The normalized spacial score (nSPS) is 10.9. The monoisotopic (exact) mass is 342 g/mol. The van der Waals surface area contributed by atoms with Crippen molar-refractivity contribution >= 4 is 11.8 Å². The molecule has 1 aromatic carbocycles. The molecule has 24 heavy (non-hydrogen) atoms. The van der Waals surface area contributed by atoms with Crippen LogP contribution in [0.15, 0.2) is 41.6 Å². The molecule has 0 N–H and O–H groups in total. The quantitative estimate of drug-likeness (QED) is 0.342. The largest absolute Gasteiger partial charge is 0.236 e. The molecule has 3 heteroatoms. The summed E-state index contributed by atoms with van der Waals surface area (Å²) in [6, 6.07) is 8.63. The van der Waals surface area contributed by atoms with E-state index in [-0.39, 0.29) is 0 Å². The minimum absolute atomic E-state index is 0.829. The zero-order chi connectivity index (χ0) is 17.0. The second-order valence-corrected chi connectivity index (χ2v) is 7.47. The fourth-order valence-electron chi connectivity index (χ4n) is 2.60. The molecule has 0 saturated carbocycles. The fraction of sp³-hybridized carbons (Fsp3) is 0.524. The third kappa shape index (κ3) is 6.64. The van der Waals surface area contributed by atoms with E-state index < -0.39 is 0 Å². The minimum atomic E-state index is 0.829. The van der Waals surface area contributed by atoms with E-state index >= 15 is 0 Å². The maximum atomic E-state index is 4.55. The molecule has 0 atom stereocenters. The number of aromatic nitrogens is 2. The number of unbranched alkanes of at least 4 members (excludes halogenated alkanes) is 5. The predicted molar refractivity (Wildman–Crippen MR) is 106 cm³/mol. The molecule has 2 nitrogen and oxygen atoms in total. The Kier molecular flexibility index (Phi) is 8.90. The number of hydrogen-bond acceptors (Lipinski definition) is 3. The van der Waals surface area contributed by atoms with E-state index in [0.29, 0.717) is 0 Å². The first-order valence-corrected chi connectivity index (χ1v) is 10.4. The van der Waals surface area contributed by atoms with E-state index in [9.17, 15) is 0 Å². The van der Waals surface area contributed by atoms with Crippen molar-refractivity contribution in [1.82, 2.24) is 9.97 Å². The van der Waals surface area contributed by atoms with Crippen molar-refractivity contribution in [2.24, 2.45) is 0 Å². The minimum Gasteiger partial charge on any atom is -0.236 e. The van der Waals surface area contributed by atoms with Crippen LogP contribution in [0.3, 0.4) is 0 Å². The van der Waals surface area contributed by atoms with Gasteiger partial charge in [-0.3, -0.25) is 0 Å². The summed E-state index contributed by atoms with van der Waals surface area (Å²) in [5.74, 6) is 2.02. The number of aryl methyl sites for hydroxylation is 1. The van der Waals surface area contributed by atoms with E-state index in [2.05, 4.69) is 48.1 Å². The van der Waals surface area contributed by atoms with Crippen LogP contribution in [-0.4, -0.2) is 15.7 Å². The highest BCUT2D eigenvalue weighted by atomic mass is 32.2. The summed E-state index contributed by atoms with van der Waals surface area (Å²) in [5, 5.41) is 0. The zero-order valence-electron chi connectivity index (χ0n) is 15.1. The molecule has 1 aromatic heterocycles. The lowest BCUT2D eigenvalue weighted by Crippen LogP contribution is -1.93. The Balaban J connectivity index is 1.83. The first-order chi connectivity index (χ1) is 11.8. The molecule has 0 aliphatic rings. The van der Waals surface area contributed by atoms with Gasteiger partial charge in [0.25, 0.3) is 0 Å². The van der Waals surface area contributed by atoms with Gasteiger partial charge < -0.3 is 0 Å². The number of thioether (sulfide) groups is 1. The molecule has 130 valence electrons. The van der Waals surface area contributed by atoms with Gasteiger partial charge in [0.1, 0.15) is 0 Å². The Morgan fingerprint density at radius 2 is 1.46 bits per heavy atom. The first-order valence-electron chi connectivity index (χ1n) is 9.37. The van der Waals surface area contributed by atoms with Crippen LogP contribution < -0.4 is 0 Å². The van der Waals surface area contributed by atoms with Gasteiger partial charge in [0.2, 0.25) is 0 Å². The molecule has 0 saturated heterocycles. The van der Waals surface area contributed by atoms with Crippen LogP contribution >= 0.6 is 11.8 Å². The predicted octanol–water partition coefficient (Wildman–Crippen LogP) is 6.55. The molecule has 1 heterocycles. The average molecular weight is 343 g/mol. The van der Waals surface area contributed by atoms with Gasteiger partial charge in [-0.15, -0.1) is 11.8 Å². The molecular formula is C21H30N2S. The van der Waals surface area contributed by atoms with Crippen molar-refractivity contribution in [3.63, 3.8) is 0 Å². The van der Waals surface area contributed by atoms with Gasteiger partial charge in [-0.05, 0) is 42.7 Å². The van der Waals surface area contributed by atoms with E-state index in [0.717, 1.165) is 17.8 Å². The van der Waals surface area contributed by atoms with Crippen molar-refractivity contribution in [3.8, 4) is 11.4 Å². The van der Waals surface area contributed by atoms with Crippen LogP contribution in [0.25, 0.3) is 11.4 Å². The number of nitrogens with zero attached hydrogens (tertiary/aromatic N) is 2. The lowest BCUT2D eigenvalue weighted by molar-refractivity contribution is 0.631. The molecule has 2 rings (SSSR count). The third-order valence-corrected chi connectivity index (χ3v) is 5.25.